The molecule has 0 bridgehead atoms. The van der Waals surface area contributed by atoms with Crippen LogP contribution in [0.5, 0.6) is 5.75 Å². The largest absolute Gasteiger partial charge is 0.494 e. The quantitative estimate of drug-likeness (QED) is 0.778. The zero-order chi connectivity index (χ0) is 15.6. The monoisotopic (exact) mass is 303 g/mol. The fourth-order valence-electron chi connectivity index (χ4n) is 3.81. The first-order chi connectivity index (χ1) is 10.6. The van der Waals surface area contributed by atoms with Gasteiger partial charge in [0.05, 0.1) is 6.61 Å². The lowest BCUT2D eigenvalue weighted by Crippen LogP contribution is -2.44. The van der Waals surface area contributed by atoms with Crippen LogP contribution in [0, 0.1) is 5.92 Å². The summed E-state index contributed by atoms with van der Waals surface area (Å²) in [6.45, 7) is 3.89. The van der Waals surface area contributed by atoms with Crippen LogP contribution < -0.4 is 16.2 Å². The summed E-state index contributed by atoms with van der Waals surface area (Å²) in [6, 6.07) is 6.96. The first-order valence-electron chi connectivity index (χ1n) is 8.11. The highest BCUT2D eigenvalue weighted by molar-refractivity contribution is 5.92. The minimum absolute atomic E-state index is 0.0749. The van der Waals surface area contributed by atoms with E-state index < -0.39 is 5.91 Å². The molecule has 1 aliphatic carbocycles. The van der Waals surface area contributed by atoms with Gasteiger partial charge in [-0.25, -0.2) is 0 Å². The molecule has 120 valence electrons. The summed E-state index contributed by atoms with van der Waals surface area (Å²) in [6.07, 6.45) is 4.74. The van der Waals surface area contributed by atoms with Crippen molar-refractivity contribution in [3.8, 4) is 5.75 Å². The van der Waals surface area contributed by atoms with E-state index >= 15 is 0 Å². The number of fused-ring (bicyclic) bond motifs is 1. The number of likely N-dealkylation sites (tertiary alicyclic amines) is 1. The van der Waals surface area contributed by atoms with Gasteiger partial charge in [0.1, 0.15) is 5.75 Å². The van der Waals surface area contributed by atoms with Crippen molar-refractivity contribution in [3.05, 3.63) is 29.8 Å². The summed E-state index contributed by atoms with van der Waals surface area (Å²) in [5.41, 5.74) is 12.3. The Morgan fingerprint density at radius 1 is 1.36 bits per heavy atom. The van der Waals surface area contributed by atoms with E-state index in [0.29, 0.717) is 18.1 Å². The Morgan fingerprint density at radius 2 is 2.14 bits per heavy atom. The van der Waals surface area contributed by atoms with Crippen LogP contribution in [0.3, 0.4) is 0 Å². The molecule has 0 spiro atoms. The number of benzene rings is 1. The Kier molecular flexibility index (Phi) is 4.36. The second-order valence-corrected chi connectivity index (χ2v) is 6.65. The van der Waals surface area contributed by atoms with Gasteiger partial charge < -0.3 is 21.1 Å². The molecule has 1 aromatic carbocycles. The van der Waals surface area contributed by atoms with Gasteiger partial charge in [0.15, 0.2) is 0 Å². The zero-order valence-electron chi connectivity index (χ0n) is 13.0. The number of hydrogen-bond acceptors (Lipinski definition) is 4. The van der Waals surface area contributed by atoms with E-state index in [2.05, 4.69) is 4.90 Å². The molecule has 1 aliphatic heterocycles. The van der Waals surface area contributed by atoms with Crippen molar-refractivity contribution in [2.45, 2.75) is 31.2 Å². The van der Waals surface area contributed by atoms with Gasteiger partial charge in [-0.3, -0.25) is 4.79 Å². The van der Waals surface area contributed by atoms with Crippen LogP contribution in [0.15, 0.2) is 24.3 Å². The highest BCUT2D eigenvalue weighted by Gasteiger charge is 2.46. The zero-order valence-corrected chi connectivity index (χ0v) is 13.0. The number of rotatable bonds is 6. The summed E-state index contributed by atoms with van der Waals surface area (Å²) in [5.74, 6) is 1.05. The predicted molar refractivity (Wildman–Crippen MR) is 85.8 cm³/mol. The molecular weight excluding hydrogens is 278 g/mol. The summed E-state index contributed by atoms with van der Waals surface area (Å²) in [5, 5.41) is 0. The lowest BCUT2D eigenvalue weighted by Gasteiger charge is -2.23. The first kappa shape index (κ1) is 15.3. The van der Waals surface area contributed by atoms with Gasteiger partial charge in [-0.1, -0.05) is 6.42 Å². The molecule has 0 unspecified atom stereocenters. The van der Waals surface area contributed by atoms with Gasteiger partial charge in [0.25, 0.3) is 0 Å². The number of primary amides is 1. The number of nitrogens with zero attached hydrogens (tertiary/aromatic N) is 1. The molecule has 3 rings (SSSR count). The predicted octanol–water partition coefficient (Wildman–Crippen LogP) is 1.37. The first-order valence-corrected chi connectivity index (χ1v) is 8.11. The fraction of sp³-hybridized carbons (Fsp3) is 0.588. The third-order valence-electron chi connectivity index (χ3n) is 5.03. The number of ether oxygens (including phenoxy) is 1. The molecule has 22 heavy (non-hydrogen) atoms. The van der Waals surface area contributed by atoms with Crippen LogP contribution in [0.25, 0.3) is 0 Å². The van der Waals surface area contributed by atoms with Crippen LogP contribution in [0.1, 0.15) is 36.0 Å². The normalized spacial score (nSPS) is 27.8. The average Bonchev–Trinajstić information content (AvgIpc) is 2.98. The Balaban J connectivity index is 1.38. The van der Waals surface area contributed by atoms with E-state index in [-0.39, 0.29) is 5.54 Å². The van der Waals surface area contributed by atoms with E-state index in [0.717, 1.165) is 31.8 Å². The average molecular weight is 303 g/mol. The smallest absolute Gasteiger partial charge is 0.248 e. The molecule has 2 atom stereocenters. The number of hydrogen-bond donors (Lipinski definition) is 2. The minimum atomic E-state index is -0.415. The SMILES string of the molecule is NC(=O)c1ccc(OCCCN2C[C@H]3CCC[C@@]3(N)C2)cc1. The van der Waals surface area contributed by atoms with Gasteiger partial charge in [0.2, 0.25) is 5.91 Å². The molecule has 5 nitrogen and oxygen atoms in total. The topological polar surface area (TPSA) is 81.6 Å². The van der Waals surface area contributed by atoms with Crippen molar-refractivity contribution in [1.29, 1.82) is 0 Å². The van der Waals surface area contributed by atoms with Gasteiger partial charge in [-0.2, -0.15) is 0 Å². The molecule has 1 saturated carbocycles. The molecular formula is C17H25N3O2. The highest BCUT2D eigenvalue weighted by atomic mass is 16.5. The molecule has 1 amide bonds. The van der Waals surface area contributed by atoms with E-state index in [9.17, 15) is 4.79 Å². The minimum Gasteiger partial charge on any atom is -0.494 e. The molecule has 4 N–H and O–H groups in total. The highest BCUT2D eigenvalue weighted by Crippen LogP contribution is 2.39. The van der Waals surface area contributed by atoms with Crippen LogP contribution in [-0.4, -0.2) is 42.6 Å². The molecule has 1 heterocycles. The molecule has 2 fully saturated rings. The van der Waals surface area contributed by atoms with E-state index in [4.69, 9.17) is 16.2 Å². The second-order valence-electron chi connectivity index (χ2n) is 6.65. The Morgan fingerprint density at radius 3 is 2.82 bits per heavy atom. The summed E-state index contributed by atoms with van der Waals surface area (Å²) in [4.78, 5) is 13.5. The van der Waals surface area contributed by atoms with Crippen molar-refractivity contribution < 1.29 is 9.53 Å². The van der Waals surface area contributed by atoms with E-state index in [1.807, 2.05) is 0 Å². The van der Waals surface area contributed by atoms with Crippen molar-refractivity contribution in [3.63, 3.8) is 0 Å². The molecule has 0 radical (unpaired) electrons. The maximum atomic E-state index is 11.0. The van der Waals surface area contributed by atoms with Crippen LogP contribution >= 0.6 is 0 Å². The van der Waals surface area contributed by atoms with E-state index in [1.165, 1.54) is 19.3 Å². The van der Waals surface area contributed by atoms with Gasteiger partial charge in [0, 0.05) is 30.7 Å². The Bertz CT molecular complexity index is 531. The van der Waals surface area contributed by atoms with Crippen molar-refractivity contribution in [1.82, 2.24) is 4.90 Å². The third kappa shape index (κ3) is 3.25. The van der Waals surface area contributed by atoms with E-state index in [1.54, 1.807) is 24.3 Å². The lowest BCUT2D eigenvalue weighted by molar-refractivity contribution is 0.100. The van der Waals surface area contributed by atoms with Gasteiger partial charge >= 0.3 is 0 Å². The van der Waals surface area contributed by atoms with Crippen molar-refractivity contribution in [2.75, 3.05) is 26.2 Å². The summed E-state index contributed by atoms with van der Waals surface area (Å²) >= 11 is 0. The number of carbonyl (C=O) groups excluding carboxylic acids is 1. The molecule has 5 heteroatoms. The Labute approximate surface area is 131 Å². The van der Waals surface area contributed by atoms with Crippen molar-refractivity contribution in [2.24, 2.45) is 17.4 Å². The molecule has 1 saturated heterocycles. The van der Waals surface area contributed by atoms with Crippen molar-refractivity contribution >= 4 is 5.91 Å². The number of carbonyl (C=O) groups is 1. The molecule has 0 aromatic heterocycles. The Hall–Kier alpha value is -1.59. The maximum Gasteiger partial charge on any atom is 0.248 e. The number of amides is 1. The summed E-state index contributed by atoms with van der Waals surface area (Å²) in [7, 11) is 0. The van der Waals surface area contributed by atoms with Crippen LogP contribution in [-0.2, 0) is 0 Å². The molecule has 1 aromatic rings. The third-order valence-corrected chi connectivity index (χ3v) is 5.03. The van der Waals surface area contributed by atoms with Gasteiger partial charge in [-0.15, -0.1) is 0 Å². The van der Waals surface area contributed by atoms with Crippen LogP contribution in [0.4, 0.5) is 0 Å². The lowest BCUT2D eigenvalue weighted by atomic mass is 9.92. The summed E-state index contributed by atoms with van der Waals surface area (Å²) < 4.78 is 5.71. The number of nitrogens with two attached hydrogens (primary N) is 2. The maximum absolute atomic E-state index is 11.0. The molecule has 2 aliphatic rings. The van der Waals surface area contributed by atoms with Crippen LogP contribution in [0.2, 0.25) is 0 Å². The standard InChI is InChI=1S/C17H25N3O2/c18-16(21)13-4-6-15(7-5-13)22-10-2-9-20-11-14-3-1-8-17(14,19)12-20/h4-7,14H,1-3,8-12,19H2,(H2,18,21)/t14-,17-/m1/s1. The fourth-order valence-corrected chi connectivity index (χ4v) is 3.81. The van der Waals surface area contributed by atoms with Gasteiger partial charge in [-0.05, 0) is 49.4 Å². The second kappa shape index (κ2) is 6.26.